The molecular formula is C18H20N6O2S. The number of aliphatic imine (C=N–C) groups is 1. The molecule has 4 heterocycles. The second kappa shape index (κ2) is 6.80. The summed E-state index contributed by atoms with van der Waals surface area (Å²) >= 11 is 1.33. The molecule has 0 unspecified atom stereocenters. The third kappa shape index (κ3) is 3.12. The van der Waals surface area contributed by atoms with Crippen LogP contribution in [0.5, 0.6) is 0 Å². The average molecular weight is 384 g/mol. The van der Waals surface area contributed by atoms with E-state index in [1.54, 1.807) is 30.3 Å². The normalized spacial score (nSPS) is 18.5. The minimum Gasteiger partial charge on any atom is -0.338 e. The molecule has 0 atom stereocenters. The van der Waals surface area contributed by atoms with E-state index < -0.39 is 5.54 Å². The van der Waals surface area contributed by atoms with Gasteiger partial charge in [-0.3, -0.25) is 14.6 Å². The lowest BCUT2D eigenvalue weighted by molar-refractivity contribution is -0.125. The fraction of sp³-hybridized carbons (Fsp3) is 0.444. The van der Waals surface area contributed by atoms with Crippen LogP contribution in [-0.2, 0) is 11.2 Å². The topological polar surface area (TPSA) is 100 Å². The SMILES string of the molecule is CCc1nc(-c2ncccn2)sc1C(=O)N1CCC2(CC1)N=C(C)NC2=O. The van der Waals surface area contributed by atoms with Gasteiger partial charge in [-0.1, -0.05) is 6.92 Å². The van der Waals surface area contributed by atoms with Crippen molar-refractivity contribution in [2.24, 2.45) is 4.99 Å². The van der Waals surface area contributed by atoms with Gasteiger partial charge in [-0.2, -0.15) is 0 Å². The van der Waals surface area contributed by atoms with Crippen molar-refractivity contribution in [3.8, 4) is 10.8 Å². The first-order valence-corrected chi connectivity index (χ1v) is 9.78. The van der Waals surface area contributed by atoms with E-state index in [2.05, 4.69) is 25.3 Å². The van der Waals surface area contributed by atoms with Gasteiger partial charge in [-0.05, 0) is 32.3 Å². The molecule has 2 aromatic heterocycles. The number of amides is 2. The molecule has 2 amide bonds. The molecule has 0 aromatic carbocycles. The number of piperidine rings is 1. The smallest absolute Gasteiger partial charge is 0.265 e. The molecule has 27 heavy (non-hydrogen) atoms. The van der Waals surface area contributed by atoms with Gasteiger partial charge < -0.3 is 10.2 Å². The van der Waals surface area contributed by atoms with Gasteiger partial charge >= 0.3 is 0 Å². The van der Waals surface area contributed by atoms with E-state index in [1.807, 2.05) is 6.92 Å². The predicted molar refractivity (Wildman–Crippen MR) is 102 cm³/mol. The number of likely N-dealkylation sites (tertiary alicyclic amines) is 1. The summed E-state index contributed by atoms with van der Waals surface area (Å²) in [5.74, 6) is 1.09. The lowest BCUT2D eigenvalue weighted by atomic mass is 9.88. The van der Waals surface area contributed by atoms with Crippen LogP contribution >= 0.6 is 11.3 Å². The van der Waals surface area contributed by atoms with E-state index >= 15 is 0 Å². The molecule has 1 fully saturated rings. The molecule has 0 aliphatic carbocycles. The summed E-state index contributed by atoms with van der Waals surface area (Å²) in [6.45, 7) is 4.78. The maximum absolute atomic E-state index is 13.1. The molecule has 1 spiro atoms. The number of hydrogen-bond acceptors (Lipinski definition) is 7. The van der Waals surface area contributed by atoms with Crippen molar-refractivity contribution in [2.45, 2.75) is 38.6 Å². The Morgan fingerprint density at radius 2 is 2.00 bits per heavy atom. The second-order valence-electron chi connectivity index (χ2n) is 6.70. The summed E-state index contributed by atoms with van der Waals surface area (Å²) in [4.78, 5) is 45.3. The number of aryl methyl sites for hydroxylation is 1. The number of nitrogens with zero attached hydrogens (tertiary/aromatic N) is 5. The molecule has 8 nitrogen and oxygen atoms in total. The Morgan fingerprint density at radius 1 is 1.30 bits per heavy atom. The van der Waals surface area contributed by atoms with Gasteiger partial charge in [0, 0.05) is 25.5 Å². The standard InChI is InChI=1S/C18H20N6O2S/c1-3-12-13(27-15(22-12)14-19-7-4-8-20-14)16(25)24-9-5-18(6-10-24)17(26)21-11(2)23-18/h4,7-8H,3,5-6,9-10H2,1-2H3,(H,21,23,26). The number of amidine groups is 1. The van der Waals surface area contributed by atoms with Crippen molar-refractivity contribution in [1.29, 1.82) is 0 Å². The Balaban J connectivity index is 1.54. The summed E-state index contributed by atoms with van der Waals surface area (Å²) in [5.41, 5.74) is 0.0609. The van der Waals surface area contributed by atoms with Gasteiger partial charge in [0.2, 0.25) is 0 Å². The minimum absolute atomic E-state index is 0.0412. The Morgan fingerprint density at radius 3 is 2.59 bits per heavy atom. The molecule has 4 rings (SSSR count). The number of carbonyl (C=O) groups is 2. The number of nitrogens with one attached hydrogen (secondary N) is 1. The first-order chi connectivity index (χ1) is 13.0. The lowest BCUT2D eigenvalue weighted by Crippen LogP contribution is -2.50. The summed E-state index contributed by atoms with van der Waals surface area (Å²) in [7, 11) is 0. The highest BCUT2D eigenvalue weighted by Crippen LogP contribution is 2.32. The molecule has 0 bridgehead atoms. The molecule has 2 aromatic rings. The van der Waals surface area contributed by atoms with Crippen molar-refractivity contribution in [3.05, 3.63) is 29.0 Å². The number of carbonyl (C=O) groups excluding carboxylic acids is 2. The third-order valence-corrected chi connectivity index (χ3v) is 6.04. The van der Waals surface area contributed by atoms with Gasteiger partial charge in [0.05, 0.1) is 5.69 Å². The first-order valence-electron chi connectivity index (χ1n) is 8.97. The second-order valence-corrected chi connectivity index (χ2v) is 7.69. The van der Waals surface area contributed by atoms with Crippen molar-refractivity contribution in [3.63, 3.8) is 0 Å². The number of hydrogen-bond donors (Lipinski definition) is 1. The predicted octanol–water partition coefficient (Wildman–Crippen LogP) is 1.69. The number of aromatic nitrogens is 3. The Hall–Kier alpha value is -2.68. The van der Waals surface area contributed by atoms with E-state index in [-0.39, 0.29) is 11.8 Å². The maximum Gasteiger partial charge on any atom is 0.265 e. The fourth-order valence-corrected chi connectivity index (χ4v) is 4.58. The molecule has 0 radical (unpaired) electrons. The number of rotatable bonds is 3. The Bertz CT molecular complexity index is 915. The van der Waals surface area contributed by atoms with E-state index in [1.165, 1.54) is 11.3 Å². The molecule has 2 aliphatic heterocycles. The highest BCUT2D eigenvalue weighted by Gasteiger charge is 2.45. The zero-order valence-corrected chi connectivity index (χ0v) is 16.0. The van der Waals surface area contributed by atoms with Crippen LogP contribution in [0, 0.1) is 0 Å². The maximum atomic E-state index is 13.1. The highest BCUT2D eigenvalue weighted by molar-refractivity contribution is 7.17. The Labute approximate surface area is 160 Å². The first kappa shape index (κ1) is 17.7. The summed E-state index contributed by atoms with van der Waals surface area (Å²) in [6, 6.07) is 1.75. The molecule has 2 aliphatic rings. The van der Waals surface area contributed by atoms with Crippen molar-refractivity contribution >= 4 is 29.0 Å². The van der Waals surface area contributed by atoms with Gasteiger partial charge in [0.15, 0.2) is 10.8 Å². The zero-order valence-electron chi connectivity index (χ0n) is 15.2. The van der Waals surface area contributed by atoms with E-state index in [4.69, 9.17) is 0 Å². The molecular weight excluding hydrogens is 364 g/mol. The minimum atomic E-state index is -0.703. The van der Waals surface area contributed by atoms with E-state index in [0.29, 0.717) is 53.9 Å². The van der Waals surface area contributed by atoms with Crippen LogP contribution in [0.25, 0.3) is 10.8 Å². The van der Waals surface area contributed by atoms with Crippen LogP contribution < -0.4 is 5.32 Å². The lowest BCUT2D eigenvalue weighted by Gasteiger charge is -2.35. The van der Waals surface area contributed by atoms with Crippen molar-refractivity contribution in [1.82, 2.24) is 25.2 Å². The van der Waals surface area contributed by atoms with Crippen LogP contribution in [-0.4, -0.2) is 56.1 Å². The summed E-state index contributed by atoms with van der Waals surface area (Å²) in [5, 5.41) is 3.43. The monoisotopic (exact) mass is 384 g/mol. The summed E-state index contributed by atoms with van der Waals surface area (Å²) < 4.78 is 0. The van der Waals surface area contributed by atoms with Gasteiger partial charge in [0.1, 0.15) is 16.3 Å². The highest BCUT2D eigenvalue weighted by atomic mass is 32.1. The quantitative estimate of drug-likeness (QED) is 0.868. The van der Waals surface area contributed by atoms with Gasteiger partial charge in [-0.15, -0.1) is 11.3 Å². The molecule has 9 heteroatoms. The summed E-state index contributed by atoms with van der Waals surface area (Å²) in [6.07, 6.45) is 5.06. The van der Waals surface area contributed by atoms with Crippen LogP contribution in [0.15, 0.2) is 23.5 Å². The molecule has 1 saturated heterocycles. The van der Waals surface area contributed by atoms with Gasteiger partial charge in [-0.25, -0.2) is 15.0 Å². The Kier molecular flexibility index (Phi) is 4.47. The largest absolute Gasteiger partial charge is 0.338 e. The fourth-order valence-electron chi connectivity index (χ4n) is 3.51. The zero-order chi connectivity index (χ0) is 19.0. The van der Waals surface area contributed by atoms with Gasteiger partial charge in [0.25, 0.3) is 11.8 Å². The number of thiazole rings is 1. The van der Waals surface area contributed by atoms with Crippen LogP contribution in [0.2, 0.25) is 0 Å². The molecule has 0 saturated carbocycles. The molecule has 1 N–H and O–H groups in total. The van der Waals surface area contributed by atoms with Crippen LogP contribution in [0.4, 0.5) is 0 Å². The van der Waals surface area contributed by atoms with E-state index in [0.717, 1.165) is 5.69 Å². The van der Waals surface area contributed by atoms with E-state index in [9.17, 15) is 9.59 Å². The average Bonchev–Trinajstić information content (AvgIpc) is 3.23. The van der Waals surface area contributed by atoms with Crippen LogP contribution in [0.1, 0.15) is 42.1 Å². The molecule has 140 valence electrons. The van der Waals surface area contributed by atoms with Crippen LogP contribution in [0.3, 0.4) is 0 Å². The van der Waals surface area contributed by atoms with Crippen molar-refractivity contribution < 1.29 is 9.59 Å². The van der Waals surface area contributed by atoms with Crippen molar-refractivity contribution in [2.75, 3.05) is 13.1 Å². The third-order valence-electron chi connectivity index (χ3n) is 4.96.